The number of hydrogen-bond donors (Lipinski definition) is 1. The van der Waals surface area contributed by atoms with Gasteiger partial charge in [0.15, 0.2) is 6.61 Å². The van der Waals surface area contributed by atoms with Crippen molar-refractivity contribution in [1.82, 2.24) is 0 Å². The molecule has 0 aliphatic carbocycles. The number of fused-ring (bicyclic) bond motifs is 1. The molecule has 0 unspecified atom stereocenters. The van der Waals surface area contributed by atoms with Crippen LogP contribution in [0.25, 0.3) is 0 Å². The number of carbonyl (C=O) groups excluding carboxylic acids is 1. The van der Waals surface area contributed by atoms with E-state index in [4.69, 9.17) is 9.47 Å². The predicted molar refractivity (Wildman–Crippen MR) is 109 cm³/mol. The maximum Gasteiger partial charge on any atom is 0.343 e. The third kappa shape index (κ3) is 4.04. The molecule has 5 heteroatoms. The fraction of sp³-hybridized carbons (Fsp3) is 0.208. The van der Waals surface area contributed by atoms with Gasteiger partial charge >= 0.3 is 5.97 Å². The highest BCUT2D eigenvalue weighted by Gasteiger charge is 2.33. The van der Waals surface area contributed by atoms with Crippen LogP contribution in [0.4, 0.5) is 0 Å². The molecule has 0 aromatic heterocycles. The van der Waals surface area contributed by atoms with Crippen LogP contribution in [0.3, 0.4) is 0 Å². The van der Waals surface area contributed by atoms with Crippen molar-refractivity contribution in [1.29, 1.82) is 0 Å². The number of esters is 1. The van der Waals surface area contributed by atoms with Gasteiger partial charge in [-0.15, -0.1) is 0 Å². The molecule has 0 amide bonds. The zero-order valence-electron chi connectivity index (χ0n) is 16.1. The van der Waals surface area contributed by atoms with Crippen molar-refractivity contribution in [3.05, 3.63) is 89.5 Å². The minimum absolute atomic E-state index is 0.0166. The van der Waals surface area contributed by atoms with Gasteiger partial charge in [0, 0.05) is 17.4 Å². The maximum atomic E-state index is 11.3. The number of benzene rings is 3. The highest BCUT2D eigenvalue weighted by Crippen LogP contribution is 2.47. The summed E-state index contributed by atoms with van der Waals surface area (Å²) in [6.45, 7) is 0.420. The number of aromatic hydroxyl groups is 1. The van der Waals surface area contributed by atoms with Crippen molar-refractivity contribution in [2.75, 3.05) is 20.3 Å². The molecule has 3 aromatic rings. The lowest BCUT2D eigenvalue weighted by Crippen LogP contribution is -2.25. The molecule has 1 N–H and O–H groups in total. The van der Waals surface area contributed by atoms with E-state index < -0.39 is 5.97 Å². The molecule has 0 bridgehead atoms. The van der Waals surface area contributed by atoms with Gasteiger partial charge in [0.05, 0.1) is 13.7 Å². The zero-order chi connectivity index (χ0) is 20.2. The van der Waals surface area contributed by atoms with E-state index >= 15 is 0 Å². The topological polar surface area (TPSA) is 65.0 Å². The fourth-order valence-corrected chi connectivity index (χ4v) is 3.78. The molecular formula is C24H22O5. The van der Waals surface area contributed by atoms with Gasteiger partial charge in [-0.3, -0.25) is 0 Å². The van der Waals surface area contributed by atoms with Crippen LogP contribution in [0, 0.1) is 0 Å². The monoisotopic (exact) mass is 390 g/mol. The molecule has 2 atom stereocenters. The van der Waals surface area contributed by atoms with Gasteiger partial charge in [-0.05, 0) is 41.5 Å². The van der Waals surface area contributed by atoms with E-state index in [0.717, 1.165) is 16.9 Å². The Labute approximate surface area is 169 Å². The van der Waals surface area contributed by atoms with E-state index in [9.17, 15) is 9.90 Å². The van der Waals surface area contributed by atoms with Crippen LogP contribution in [-0.2, 0) is 9.53 Å². The normalized spacial score (nSPS) is 17.7. The number of ether oxygens (including phenoxy) is 3. The second-order valence-corrected chi connectivity index (χ2v) is 6.96. The van der Waals surface area contributed by atoms with Gasteiger partial charge in [0.1, 0.15) is 17.2 Å². The molecule has 4 rings (SSSR count). The molecule has 0 spiro atoms. The van der Waals surface area contributed by atoms with Gasteiger partial charge in [-0.25, -0.2) is 4.79 Å². The van der Waals surface area contributed by atoms with E-state index in [1.54, 1.807) is 12.1 Å². The highest BCUT2D eigenvalue weighted by molar-refractivity contribution is 5.70. The van der Waals surface area contributed by atoms with Crippen LogP contribution >= 0.6 is 0 Å². The Kier molecular flexibility index (Phi) is 5.38. The Bertz CT molecular complexity index is 982. The predicted octanol–water partition coefficient (Wildman–Crippen LogP) is 4.25. The molecule has 148 valence electrons. The first-order valence-electron chi connectivity index (χ1n) is 9.46. The van der Waals surface area contributed by atoms with E-state index in [1.165, 1.54) is 12.7 Å². The van der Waals surface area contributed by atoms with Crippen molar-refractivity contribution in [3.8, 4) is 17.2 Å². The second kappa shape index (κ2) is 8.27. The highest BCUT2D eigenvalue weighted by atomic mass is 16.6. The lowest BCUT2D eigenvalue weighted by atomic mass is 9.76. The van der Waals surface area contributed by atoms with Crippen molar-refractivity contribution >= 4 is 5.97 Å². The summed E-state index contributed by atoms with van der Waals surface area (Å²) in [5.41, 5.74) is 3.21. The number of methoxy groups -OCH3 is 1. The number of phenols is 1. The summed E-state index contributed by atoms with van der Waals surface area (Å²) >= 11 is 0. The molecule has 0 saturated heterocycles. The molecule has 0 saturated carbocycles. The summed E-state index contributed by atoms with van der Waals surface area (Å²) in [5, 5.41) is 10.1. The Morgan fingerprint density at radius 2 is 1.79 bits per heavy atom. The van der Waals surface area contributed by atoms with Crippen molar-refractivity contribution in [3.63, 3.8) is 0 Å². The summed E-state index contributed by atoms with van der Waals surface area (Å²) in [4.78, 5) is 11.3. The molecule has 3 aromatic carbocycles. The van der Waals surface area contributed by atoms with Crippen LogP contribution in [0.2, 0.25) is 0 Å². The molecule has 5 nitrogen and oxygen atoms in total. The number of hydrogen-bond acceptors (Lipinski definition) is 5. The van der Waals surface area contributed by atoms with Crippen molar-refractivity contribution in [2.24, 2.45) is 0 Å². The summed E-state index contributed by atoms with van der Waals surface area (Å²) in [7, 11) is 1.33. The van der Waals surface area contributed by atoms with E-state index in [-0.39, 0.29) is 24.2 Å². The molecule has 29 heavy (non-hydrogen) atoms. The van der Waals surface area contributed by atoms with Crippen molar-refractivity contribution < 1.29 is 24.1 Å². The molecular weight excluding hydrogens is 368 g/mol. The first-order chi connectivity index (χ1) is 14.2. The summed E-state index contributed by atoms with van der Waals surface area (Å²) in [6, 6.07) is 23.1. The average molecular weight is 390 g/mol. The first-order valence-corrected chi connectivity index (χ1v) is 9.46. The van der Waals surface area contributed by atoms with E-state index in [2.05, 4.69) is 16.9 Å². The summed E-state index contributed by atoms with van der Waals surface area (Å²) in [5.74, 6) is 1.29. The molecule has 0 fully saturated rings. The Morgan fingerprint density at radius 1 is 1.03 bits per heavy atom. The van der Waals surface area contributed by atoms with E-state index in [1.807, 2.05) is 48.5 Å². The quantitative estimate of drug-likeness (QED) is 0.660. The van der Waals surface area contributed by atoms with Crippen LogP contribution in [0.15, 0.2) is 72.8 Å². The van der Waals surface area contributed by atoms with Crippen LogP contribution in [0.5, 0.6) is 17.2 Å². The Morgan fingerprint density at radius 3 is 2.52 bits per heavy atom. The average Bonchev–Trinajstić information content (AvgIpc) is 2.77. The number of phenolic OH excluding ortho intramolecular Hbond substituents is 1. The van der Waals surface area contributed by atoms with Crippen LogP contribution in [-0.4, -0.2) is 31.4 Å². The summed E-state index contributed by atoms with van der Waals surface area (Å²) < 4.78 is 16.1. The maximum absolute atomic E-state index is 11.3. The first kappa shape index (κ1) is 18.9. The SMILES string of the molecule is COC(=O)COc1ccc([C@H]2c3cc(O)ccc3OC[C@@H]2c2ccccc2)cc1. The Hall–Kier alpha value is -3.47. The minimum atomic E-state index is -0.424. The number of rotatable bonds is 5. The number of carbonyl (C=O) groups is 1. The zero-order valence-corrected chi connectivity index (χ0v) is 16.1. The third-order valence-corrected chi connectivity index (χ3v) is 5.20. The molecule has 0 radical (unpaired) electrons. The lowest BCUT2D eigenvalue weighted by Gasteiger charge is -2.34. The van der Waals surface area contributed by atoms with Gasteiger partial charge in [0.25, 0.3) is 0 Å². The second-order valence-electron chi connectivity index (χ2n) is 6.96. The Balaban J connectivity index is 1.69. The molecule has 1 heterocycles. The lowest BCUT2D eigenvalue weighted by molar-refractivity contribution is -0.142. The minimum Gasteiger partial charge on any atom is -0.508 e. The third-order valence-electron chi connectivity index (χ3n) is 5.20. The van der Waals surface area contributed by atoms with Crippen LogP contribution < -0.4 is 9.47 Å². The smallest absolute Gasteiger partial charge is 0.343 e. The van der Waals surface area contributed by atoms with Crippen LogP contribution in [0.1, 0.15) is 28.5 Å². The molecule has 1 aliphatic rings. The largest absolute Gasteiger partial charge is 0.508 e. The van der Waals surface area contributed by atoms with Crippen molar-refractivity contribution in [2.45, 2.75) is 11.8 Å². The van der Waals surface area contributed by atoms with E-state index in [0.29, 0.717) is 12.4 Å². The van der Waals surface area contributed by atoms with Gasteiger partial charge < -0.3 is 19.3 Å². The molecule has 1 aliphatic heterocycles. The van der Waals surface area contributed by atoms with Gasteiger partial charge in [-0.1, -0.05) is 42.5 Å². The van der Waals surface area contributed by atoms with Gasteiger partial charge in [-0.2, -0.15) is 0 Å². The standard InChI is InChI=1S/C24H22O5/c1-27-23(26)15-28-19-10-7-17(8-11-19)24-20-13-18(25)9-12-22(20)29-14-21(24)16-5-3-2-4-6-16/h2-13,21,24-25H,14-15H2,1H3/t21-,24+/m1/s1. The fourth-order valence-electron chi connectivity index (χ4n) is 3.78. The van der Waals surface area contributed by atoms with Gasteiger partial charge in [0.2, 0.25) is 0 Å². The summed E-state index contributed by atoms with van der Waals surface area (Å²) in [6.07, 6.45) is 0.